The number of nitrogens with zero attached hydrogens (tertiary/aromatic N) is 4. The van der Waals surface area contributed by atoms with Crippen molar-refractivity contribution in [3.8, 4) is 0 Å². The van der Waals surface area contributed by atoms with Gasteiger partial charge in [-0.25, -0.2) is 13.8 Å². The first-order valence-corrected chi connectivity index (χ1v) is 9.57. The number of carbonyl (C=O) groups is 1. The van der Waals surface area contributed by atoms with E-state index in [1.165, 1.54) is 23.0 Å². The number of anilines is 3. The molecule has 0 unspecified atom stereocenters. The summed E-state index contributed by atoms with van der Waals surface area (Å²) in [5, 5.41) is 12.9. The summed E-state index contributed by atoms with van der Waals surface area (Å²) in [4.78, 5) is 20.3. The lowest BCUT2D eigenvalue weighted by atomic mass is 10.1. The molecule has 0 spiro atoms. The highest BCUT2D eigenvalue weighted by Gasteiger charge is 2.23. The molecule has 8 nitrogen and oxygen atoms in total. The number of nitrogens with one attached hydrogen (secondary N) is 3. The summed E-state index contributed by atoms with van der Waals surface area (Å²) in [5.41, 5.74) is 0.942. The minimum Gasteiger partial charge on any atom is -0.366 e. The molecule has 2 heterocycles. The van der Waals surface area contributed by atoms with Gasteiger partial charge in [0.1, 0.15) is 24.0 Å². The van der Waals surface area contributed by atoms with Crippen molar-refractivity contribution >= 4 is 23.4 Å². The van der Waals surface area contributed by atoms with Gasteiger partial charge in [0, 0.05) is 30.5 Å². The molecule has 2 aromatic heterocycles. The number of aryl methyl sites for hydroxylation is 1. The molecule has 1 fully saturated rings. The van der Waals surface area contributed by atoms with Crippen molar-refractivity contribution in [1.29, 1.82) is 0 Å². The van der Waals surface area contributed by atoms with Crippen LogP contribution in [0.1, 0.15) is 24.0 Å². The van der Waals surface area contributed by atoms with E-state index >= 15 is 0 Å². The number of halogens is 2. The highest BCUT2D eigenvalue weighted by molar-refractivity contribution is 5.76. The topological polar surface area (TPSA) is 96.8 Å². The fourth-order valence-electron chi connectivity index (χ4n) is 2.86. The zero-order valence-corrected chi connectivity index (χ0v) is 16.3. The van der Waals surface area contributed by atoms with Crippen LogP contribution in [0.5, 0.6) is 0 Å². The average molecular weight is 413 g/mol. The lowest BCUT2D eigenvalue weighted by Crippen LogP contribution is -2.29. The number of amides is 1. The highest BCUT2D eigenvalue weighted by Crippen LogP contribution is 2.19. The monoisotopic (exact) mass is 413 g/mol. The predicted octanol–water partition coefficient (Wildman–Crippen LogP) is 2.89. The minimum atomic E-state index is -0.615. The van der Waals surface area contributed by atoms with Gasteiger partial charge in [-0.2, -0.15) is 10.1 Å². The molecule has 0 atom stereocenters. The zero-order chi connectivity index (χ0) is 21.1. The van der Waals surface area contributed by atoms with E-state index in [0.29, 0.717) is 23.1 Å². The second-order valence-corrected chi connectivity index (χ2v) is 7.17. The van der Waals surface area contributed by atoms with Crippen LogP contribution in [0.4, 0.5) is 26.2 Å². The van der Waals surface area contributed by atoms with Gasteiger partial charge in [0.2, 0.25) is 11.9 Å². The van der Waals surface area contributed by atoms with Gasteiger partial charge in [0.15, 0.2) is 0 Å². The molecule has 0 bridgehead atoms. The van der Waals surface area contributed by atoms with Crippen molar-refractivity contribution in [3.05, 3.63) is 59.6 Å². The van der Waals surface area contributed by atoms with Crippen molar-refractivity contribution in [2.75, 3.05) is 10.6 Å². The Bertz CT molecular complexity index is 1070. The largest absolute Gasteiger partial charge is 0.366 e. The van der Waals surface area contributed by atoms with E-state index < -0.39 is 11.6 Å². The van der Waals surface area contributed by atoms with Crippen molar-refractivity contribution in [2.24, 2.45) is 0 Å². The number of carbonyl (C=O) groups excluding carboxylic acids is 1. The van der Waals surface area contributed by atoms with Crippen LogP contribution in [-0.2, 0) is 17.9 Å². The number of rotatable bonds is 8. The van der Waals surface area contributed by atoms with Crippen LogP contribution in [-0.4, -0.2) is 31.7 Å². The maximum Gasteiger partial charge on any atom is 0.241 e. The number of hydrogen-bond acceptors (Lipinski definition) is 6. The molecule has 0 radical (unpaired) electrons. The lowest BCUT2D eigenvalue weighted by molar-refractivity contribution is -0.122. The second kappa shape index (κ2) is 8.44. The number of aromatic nitrogens is 4. The average Bonchev–Trinajstić information content (AvgIpc) is 3.42. The fourth-order valence-corrected chi connectivity index (χ4v) is 2.86. The van der Waals surface area contributed by atoms with Crippen LogP contribution >= 0.6 is 0 Å². The Labute approximate surface area is 171 Å². The Morgan fingerprint density at radius 1 is 1.27 bits per heavy atom. The lowest BCUT2D eigenvalue weighted by Gasteiger charge is -2.10. The Morgan fingerprint density at radius 3 is 2.90 bits per heavy atom. The molecule has 156 valence electrons. The summed E-state index contributed by atoms with van der Waals surface area (Å²) in [5.74, 6) is -0.578. The summed E-state index contributed by atoms with van der Waals surface area (Å²) in [6.45, 7) is 1.67. The normalized spacial score (nSPS) is 13.2. The molecule has 30 heavy (non-hydrogen) atoms. The van der Waals surface area contributed by atoms with Crippen molar-refractivity contribution in [3.63, 3.8) is 0 Å². The third-order valence-corrected chi connectivity index (χ3v) is 4.62. The molecule has 0 aliphatic heterocycles. The van der Waals surface area contributed by atoms with Crippen LogP contribution in [0.25, 0.3) is 0 Å². The third-order valence-electron chi connectivity index (χ3n) is 4.62. The second-order valence-electron chi connectivity index (χ2n) is 7.17. The van der Waals surface area contributed by atoms with E-state index in [0.717, 1.165) is 12.8 Å². The first-order chi connectivity index (χ1) is 14.5. The van der Waals surface area contributed by atoms with E-state index in [2.05, 4.69) is 31.0 Å². The molecule has 1 saturated carbocycles. The molecule has 0 saturated heterocycles. The molecule has 3 N–H and O–H groups in total. The SMILES string of the molecule is Cc1ccc(F)c(CNc2ccnc(Nc3cnn(CC(=O)NC4CC4)c3)n2)c1F. The van der Waals surface area contributed by atoms with Crippen LogP contribution in [0.3, 0.4) is 0 Å². The van der Waals surface area contributed by atoms with Crippen LogP contribution in [0.15, 0.2) is 36.8 Å². The first kappa shape index (κ1) is 19.7. The molecular formula is C20H21F2N7O. The number of benzene rings is 1. The van der Waals surface area contributed by atoms with Gasteiger partial charge in [-0.05, 0) is 37.5 Å². The van der Waals surface area contributed by atoms with Gasteiger partial charge in [0.25, 0.3) is 0 Å². The Kier molecular flexibility index (Phi) is 5.55. The zero-order valence-electron chi connectivity index (χ0n) is 16.3. The van der Waals surface area contributed by atoms with Gasteiger partial charge in [-0.3, -0.25) is 9.48 Å². The van der Waals surface area contributed by atoms with E-state index in [-0.39, 0.29) is 30.5 Å². The molecule has 1 aromatic carbocycles. The van der Waals surface area contributed by atoms with Gasteiger partial charge in [-0.15, -0.1) is 0 Å². The molecular weight excluding hydrogens is 392 g/mol. The third kappa shape index (κ3) is 4.88. The molecule has 4 rings (SSSR count). The van der Waals surface area contributed by atoms with Gasteiger partial charge >= 0.3 is 0 Å². The van der Waals surface area contributed by atoms with Crippen LogP contribution < -0.4 is 16.0 Å². The summed E-state index contributed by atoms with van der Waals surface area (Å²) < 4.78 is 29.6. The highest BCUT2D eigenvalue weighted by atomic mass is 19.1. The summed E-state index contributed by atoms with van der Waals surface area (Å²) >= 11 is 0. The van der Waals surface area contributed by atoms with Crippen LogP contribution in [0, 0.1) is 18.6 Å². The van der Waals surface area contributed by atoms with E-state index in [1.54, 1.807) is 25.4 Å². The predicted molar refractivity (Wildman–Crippen MR) is 107 cm³/mol. The number of hydrogen-bond donors (Lipinski definition) is 3. The summed E-state index contributed by atoms with van der Waals surface area (Å²) in [6, 6.07) is 4.54. The standard InChI is InChI=1S/C20H21F2N7O/c1-12-2-5-16(21)15(19(12)22)9-24-17-6-7-23-20(28-17)27-14-8-25-29(10-14)11-18(30)26-13-3-4-13/h2,5-8,10,13H,3-4,9,11H2,1H3,(H,26,30)(H2,23,24,27,28). The quantitative estimate of drug-likeness (QED) is 0.526. The van der Waals surface area contributed by atoms with Crippen molar-refractivity contribution in [1.82, 2.24) is 25.1 Å². The van der Waals surface area contributed by atoms with Gasteiger partial charge < -0.3 is 16.0 Å². The van der Waals surface area contributed by atoms with Crippen molar-refractivity contribution < 1.29 is 13.6 Å². The molecule has 3 aromatic rings. The first-order valence-electron chi connectivity index (χ1n) is 9.57. The Hall–Kier alpha value is -3.56. The summed E-state index contributed by atoms with van der Waals surface area (Å²) in [6.07, 6.45) is 6.82. The smallest absolute Gasteiger partial charge is 0.241 e. The molecule has 1 aliphatic carbocycles. The van der Waals surface area contributed by atoms with Gasteiger partial charge in [-0.1, -0.05) is 6.07 Å². The maximum atomic E-state index is 14.1. The maximum absolute atomic E-state index is 14.1. The Morgan fingerprint density at radius 2 is 2.10 bits per heavy atom. The Balaban J connectivity index is 1.37. The van der Waals surface area contributed by atoms with E-state index in [9.17, 15) is 13.6 Å². The summed E-state index contributed by atoms with van der Waals surface area (Å²) in [7, 11) is 0. The molecule has 1 aliphatic rings. The molecule has 10 heteroatoms. The van der Waals surface area contributed by atoms with Crippen LogP contribution in [0.2, 0.25) is 0 Å². The van der Waals surface area contributed by atoms with E-state index in [1.807, 2.05) is 0 Å². The molecule has 1 amide bonds. The fraction of sp³-hybridized carbons (Fsp3) is 0.300. The minimum absolute atomic E-state index is 0.0473. The van der Waals surface area contributed by atoms with Gasteiger partial charge in [0.05, 0.1) is 11.9 Å². The van der Waals surface area contributed by atoms with E-state index in [4.69, 9.17) is 0 Å². The van der Waals surface area contributed by atoms with Crippen molar-refractivity contribution in [2.45, 2.75) is 38.9 Å².